The van der Waals surface area contributed by atoms with Crippen LogP contribution >= 0.6 is 0 Å². The minimum Gasteiger partial charge on any atom is -0.357 e. The highest BCUT2D eigenvalue weighted by Crippen LogP contribution is 2.32. The smallest absolute Gasteiger partial charge is 0.315 e. The topological polar surface area (TPSA) is 57.3 Å². The molecular formula is C18H28N4O. The summed E-state index contributed by atoms with van der Waals surface area (Å²) in [5.74, 6) is 2.55. The molecule has 5 nitrogen and oxygen atoms in total. The number of nitrogens with one attached hydrogen (secondary N) is 2. The van der Waals surface area contributed by atoms with Crippen LogP contribution in [0.25, 0.3) is 0 Å². The first kappa shape index (κ1) is 16.1. The quantitative estimate of drug-likeness (QED) is 0.878. The molecule has 23 heavy (non-hydrogen) atoms. The van der Waals surface area contributed by atoms with Crippen molar-refractivity contribution in [3.8, 4) is 0 Å². The van der Waals surface area contributed by atoms with E-state index in [2.05, 4.69) is 46.5 Å². The van der Waals surface area contributed by atoms with Crippen molar-refractivity contribution in [3.63, 3.8) is 0 Å². The summed E-state index contributed by atoms with van der Waals surface area (Å²) in [5.41, 5.74) is 1.04. The minimum atomic E-state index is -0.0847. The summed E-state index contributed by atoms with van der Waals surface area (Å²) >= 11 is 0. The van der Waals surface area contributed by atoms with Crippen LogP contribution in [0.15, 0.2) is 18.3 Å². The van der Waals surface area contributed by atoms with Crippen molar-refractivity contribution >= 4 is 11.8 Å². The first-order chi connectivity index (χ1) is 11.1. The molecule has 0 radical (unpaired) electrons. The molecule has 0 bridgehead atoms. The summed E-state index contributed by atoms with van der Waals surface area (Å²) in [6.45, 7) is 7.09. The summed E-state index contributed by atoms with van der Waals surface area (Å²) in [6, 6.07) is 4.32. The third-order valence-electron chi connectivity index (χ3n) is 5.06. The molecule has 2 aliphatic rings. The molecule has 0 aromatic carbocycles. The number of hydrogen-bond acceptors (Lipinski definition) is 3. The zero-order valence-corrected chi connectivity index (χ0v) is 14.2. The second kappa shape index (κ2) is 7.20. The van der Waals surface area contributed by atoms with E-state index in [1.54, 1.807) is 0 Å². The number of pyridine rings is 1. The molecule has 1 aliphatic heterocycles. The number of nitrogens with zero attached hydrogens (tertiary/aromatic N) is 2. The monoisotopic (exact) mass is 316 g/mol. The number of anilines is 1. The molecule has 2 fully saturated rings. The van der Waals surface area contributed by atoms with E-state index in [-0.39, 0.29) is 12.1 Å². The SMILES string of the molecule is CC1CCN(c2ccc(CNC(=O)NC(C)C3CC3)cn2)CC1. The lowest BCUT2D eigenvalue weighted by atomic mass is 9.99. The fraction of sp³-hybridized carbons (Fsp3) is 0.667. The number of rotatable bonds is 5. The lowest BCUT2D eigenvalue weighted by molar-refractivity contribution is 0.236. The van der Waals surface area contributed by atoms with Crippen molar-refractivity contribution in [2.45, 2.75) is 52.1 Å². The molecule has 2 heterocycles. The average Bonchev–Trinajstić information content (AvgIpc) is 3.39. The fourth-order valence-electron chi connectivity index (χ4n) is 3.10. The lowest BCUT2D eigenvalue weighted by Crippen LogP contribution is -2.41. The van der Waals surface area contributed by atoms with Crippen LogP contribution in [0.4, 0.5) is 10.6 Å². The van der Waals surface area contributed by atoms with E-state index in [0.717, 1.165) is 30.4 Å². The molecular weight excluding hydrogens is 288 g/mol. The van der Waals surface area contributed by atoms with E-state index in [4.69, 9.17) is 0 Å². The first-order valence-electron chi connectivity index (χ1n) is 8.86. The fourth-order valence-corrected chi connectivity index (χ4v) is 3.10. The normalized spacial score (nSPS) is 20.2. The first-order valence-corrected chi connectivity index (χ1v) is 8.86. The third kappa shape index (κ3) is 4.60. The molecule has 3 rings (SSSR count). The van der Waals surface area contributed by atoms with Gasteiger partial charge in [0.15, 0.2) is 0 Å². The summed E-state index contributed by atoms with van der Waals surface area (Å²) in [6.07, 6.45) is 6.83. The molecule has 0 spiro atoms. The molecule has 1 atom stereocenters. The predicted molar refractivity (Wildman–Crippen MR) is 92.4 cm³/mol. The summed E-state index contributed by atoms with van der Waals surface area (Å²) in [5, 5.41) is 5.91. The zero-order chi connectivity index (χ0) is 16.2. The molecule has 126 valence electrons. The van der Waals surface area contributed by atoms with Crippen LogP contribution in [0.3, 0.4) is 0 Å². The molecule has 2 N–H and O–H groups in total. The van der Waals surface area contributed by atoms with E-state index in [0.29, 0.717) is 12.5 Å². The molecule has 1 aromatic rings. The predicted octanol–water partition coefficient (Wildman–Crippen LogP) is 2.92. The number of carbonyl (C=O) groups excluding carboxylic acids is 1. The number of amides is 2. The molecule has 5 heteroatoms. The van der Waals surface area contributed by atoms with Gasteiger partial charge in [-0.05, 0) is 56.1 Å². The second-order valence-corrected chi connectivity index (χ2v) is 7.15. The maximum absolute atomic E-state index is 11.9. The Bertz CT molecular complexity index is 518. The van der Waals surface area contributed by atoms with Gasteiger partial charge in [-0.25, -0.2) is 9.78 Å². The van der Waals surface area contributed by atoms with Crippen LogP contribution < -0.4 is 15.5 Å². The highest BCUT2D eigenvalue weighted by atomic mass is 16.2. The molecule has 1 saturated heterocycles. The Balaban J connectivity index is 1.44. The number of aromatic nitrogens is 1. The van der Waals surface area contributed by atoms with Crippen molar-refractivity contribution in [3.05, 3.63) is 23.9 Å². The van der Waals surface area contributed by atoms with E-state index in [9.17, 15) is 4.79 Å². The minimum absolute atomic E-state index is 0.0847. The highest BCUT2D eigenvalue weighted by molar-refractivity contribution is 5.74. The van der Waals surface area contributed by atoms with Gasteiger partial charge >= 0.3 is 6.03 Å². The van der Waals surface area contributed by atoms with Crippen molar-refractivity contribution in [2.75, 3.05) is 18.0 Å². The van der Waals surface area contributed by atoms with Crippen LogP contribution in [0.2, 0.25) is 0 Å². The van der Waals surface area contributed by atoms with Crippen molar-refractivity contribution < 1.29 is 4.79 Å². The molecule has 2 amide bonds. The third-order valence-corrected chi connectivity index (χ3v) is 5.06. The van der Waals surface area contributed by atoms with Gasteiger partial charge in [0.05, 0.1) is 0 Å². The Morgan fingerprint density at radius 1 is 1.30 bits per heavy atom. The van der Waals surface area contributed by atoms with Crippen LogP contribution in [-0.2, 0) is 6.54 Å². The maximum Gasteiger partial charge on any atom is 0.315 e. The van der Waals surface area contributed by atoms with Gasteiger partial charge in [-0.2, -0.15) is 0 Å². The maximum atomic E-state index is 11.9. The molecule has 1 unspecified atom stereocenters. The van der Waals surface area contributed by atoms with E-state index in [1.165, 1.54) is 25.7 Å². The van der Waals surface area contributed by atoms with Crippen molar-refractivity contribution in [1.82, 2.24) is 15.6 Å². The molecule has 1 aromatic heterocycles. The van der Waals surface area contributed by atoms with Gasteiger partial charge < -0.3 is 15.5 Å². The Kier molecular flexibility index (Phi) is 5.03. The van der Waals surface area contributed by atoms with Gasteiger partial charge in [-0.1, -0.05) is 13.0 Å². The van der Waals surface area contributed by atoms with Gasteiger partial charge in [-0.3, -0.25) is 0 Å². The summed E-state index contributed by atoms with van der Waals surface area (Å²) in [7, 11) is 0. The number of piperidine rings is 1. The Morgan fingerprint density at radius 3 is 2.65 bits per heavy atom. The average molecular weight is 316 g/mol. The van der Waals surface area contributed by atoms with Gasteiger partial charge in [0.25, 0.3) is 0 Å². The summed E-state index contributed by atoms with van der Waals surface area (Å²) in [4.78, 5) is 18.8. The number of hydrogen-bond donors (Lipinski definition) is 2. The van der Waals surface area contributed by atoms with E-state index in [1.807, 2.05) is 6.20 Å². The van der Waals surface area contributed by atoms with Gasteiger partial charge in [0, 0.05) is 31.9 Å². The number of carbonyl (C=O) groups is 1. The van der Waals surface area contributed by atoms with Crippen LogP contribution in [0.5, 0.6) is 0 Å². The highest BCUT2D eigenvalue weighted by Gasteiger charge is 2.28. The van der Waals surface area contributed by atoms with Gasteiger partial charge in [0.2, 0.25) is 0 Å². The van der Waals surface area contributed by atoms with Gasteiger partial charge in [0.1, 0.15) is 5.82 Å². The standard InChI is InChI=1S/C18H28N4O/c1-13-7-9-22(10-8-13)17-6-3-15(11-19-17)12-20-18(23)21-14(2)16-4-5-16/h3,6,11,13-14,16H,4-5,7-10,12H2,1-2H3,(H2,20,21,23). The second-order valence-electron chi connectivity index (χ2n) is 7.15. The van der Waals surface area contributed by atoms with E-state index < -0.39 is 0 Å². The van der Waals surface area contributed by atoms with E-state index >= 15 is 0 Å². The Labute approximate surface area is 138 Å². The lowest BCUT2D eigenvalue weighted by Gasteiger charge is -2.31. The van der Waals surface area contributed by atoms with Crippen LogP contribution in [0, 0.1) is 11.8 Å². The zero-order valence-electron chi connectivity index (χ0n) is 14.2. The molecule has 1 saturated carbocycles. The Hall–Kier alpha value is -1.78. The Morgan fingerprint density at radius 2 is 2.04 bits per heavy atom. The number of urea groups is 1. The molecule has 1 aliphatic carbocycles. The van der Waals surface area contributed by atoms with Gasteiger partial charge in [-0.15, -0.1) is 0 Å². The summed E-state index contributed by atoms with van der Waals surface area (Å²) < 4.78 is 0. The van der Waals surface area contributed by atoms with Crippen molar-refractivity contribution in [2.24, 2.45) is 11.8 Å². The van der Waals surface area contributed by atoms with Crippen LogP contribution in [-0.4, -0.2) is 30.1 Å². The van der Waals surface area contributed by atoms with Crippen LogP contribution in [0.1, 0.15) is 45.1 Å². The largest absolute Gasteiger partial charge is 0.357 e. The van der Waals surface area contributed by atoms with Crippen molar-refractivity contribution in [1.29, 1.82) is 0 Å².